The Balaban J connectivity index is 1.55. The van der Waals surface area contributed by atoms with Crippen LogP contribution in [0.2, 0.25) is 0 Å². The molecule has 1 aromatic carbocycles. The van der Waals surface area contributed by atoms with Gasteiger partial charge in [-0.3, -0.25) is 0 Å². The van der Waals surface area contributed by atoms with Gasteiger partial charge in [-0.15, -0.1) is 0 Å². The second-order valence-electron chi connectivity index (χ2n) is 5.22. The molecule has 1 aliphatic carbocycles. The third-order valence-corrected chi connectivity index (χ3v) is 3.62. The van der Waals surface area contributed by atoms with Crippen molar-refractivity contribution in [2.45, 2.75) is 32.2 Å². The average molecular weight is 263 g/mol. The molecular formula is C15H21NO3. The number of fused-ring (bicyclic) bond motifs is 1. The fourth-order valence-corrected chi connectivity index (χ4v) is 2.34. The Hall–Kier alpha value is -1.42. The van der Waals surface area contributed by atoms with Gasteiger partial charge in [0.15, 0.2) is 11.5 Å². The van der Waals surface area contributed by atoms with E-state index in [-0.39, 0.29) is 0 Å². The van der Waals surface area contributed by atoms with E-state index in [1.54, 1.807) is 0 Å². The zero-order chi connectivity index (χ0) is 13.1. The van der Waals surface area contributed by atoms with Crippen molar-refractivity contribution in [2.24, 2.45) is 5.92 Å². The molecule has 1 aromatic rings. The first-order valence-electron chi connectivity index (χ1n) is 7.12. The highest BCUT2D eigenvalue weighted by molar-refractivity contribution is 5.46. The van der Waals surface area contributed by atoms with Gasteiger partial charge in [0, 0.05) is 12.1 Å². The van der Waals surface area contributed by atoms with E-state index in [2.05, 4.69) is 12.2 Å². The molecule has 0 spiro atoms. The van der Waals surface area contributed by atoms with Crippen molar-refractivity contribution in [3.05, 3.63) is 18.2 Å². The lowest BCUT2D eigenvalue weighted by molar-refractivity contribution is 0.173. The summed E-state index contributed by atoms with van der Waals surface area (Å²) in [6.07, 6.45) is 3.81. The molecule has 4 nitrogen and oxygen atoms in total. The molecule has 104 valence electrons. The number of hydrogen-bond acceptors (Lipinski definition) is 4. The molecule has 0 radical (unpaired) electrons. The largest absolute Gasteiger partial charge is 0.492 e. The minimum atomic E-state index is 0.307. The van der Waals surface area contributed by atoms with Crippen LogP contribution in [0.1, 0.15) is 26.2 Å². The average Bonchev–Trinajstić information content (AvgIpc) is 3.16. The molecular weight excluding hydrogens is 242 g/mol. The van der Waals surface area contributed by atoms with E-state index < -0.39 is 0 Å². The summed E-state index contributed by atoms with van der Waals surface area (Å²) >= 11 is 0. The number of ether oxygens (including phenoxy) is 3. The van der Waals surface area contributed by atoms with E-state index >= 15 is 0 Å². The van der Waals surface area contributed by atoms with Gasteiger partial charge in [-0.1, -0.05) is 6.92 Å². The predicted octanol–water partition coefficient (Wildman–Crippen LogP) is 2.57. The molecule has 0 bridgehead atoms. The van der Waals surface area contributed by atoms with Gasteiger partial charge in [-0.05, 0) is 43.9 Å². The van der Waals surface area contributed by atoms with Crippen molar-refractivity contribution in [2.75, 3.05) is 19.9 Å². The van der Waals surface area contributed by atoms with Crippen molar-refractivity contribution >= 4 is 0 Å². The molecule has 1 atom stereocenters. The van der Waals surface area contributed by atoms with Gasteiger partial charge in [0.2, 0.25) is 6.79 Å². The Morgan fingerprint density at radius 2 is 2.16 bits per heavy atom. The van der Waals surface area contributed by atoms with Gasteiger partial charge in [-0.25, -0.2) is 0 Å². The zero-order valence-corrected chi connectivity index (χ0v) is 11.4. The fourth-order valence-electron chi connectivity index (χ4n) is 2.34. The summed E-state index contributed by atoms with van der Waals surface area (Å²) < 4.78 is 16.5. The van der Waals surface area contributed by atoms with E-state index in [0.717, 1.165) is 42.7 Å². The summed E-state index contributed by atoms with van der Waals surface area (Å²) in [5.41, 5.74) is 0. The summed E-state index contributed by atoms with van der Waals surface area (Å²) in [4.78, 5) is 0. The van der Waals surface area contributed by atoms with Crippen molar-refractivity contribution in [3.8, 4) is 17.2 Å². The topological polar surface area (TPSA) is 39.7 Å². The summed E-state index contributed by atoms with van der Waals surface area (Å²) in [5.74, 6) is 3.23. The van der Waals surface area contributed by atoms with Crippen molar-refractivity contribution in [1.29, 1.82) is 0 Å². The molecule has 1 N–H and O–H groups in total. The Morgan fingerprint density at radius 3 is 2.95 bits per heavy atom. The lowest BCUT2D eigenvalue weighted by atomic mass is 10.2. The van der Waals surface area contributed by atoms with E-state index in [1.165, 1.54) is 12.8 Å². The van der Waals surface area contributed by atoms with Crippen LogP contribution in [0.25, 0.3) is 0 Å². The van der Waals surface area contributed by atoms with Gasteiger partial charge in [0.05, 0.1) is 0 Å². The van der Waals surface area contributed by atoms with E-state index in [4.69, 9.17) is 14.2 Å². The van der Waals surface area contributed by atoms with E-state index in [1.807, 2.05) is 18.2 Å². The van der Waals surface area contributed by atoms with Gasteiger partial charge in [0.25, 0.3) is 0 Å². The summed E-state index contributed by atoms with van der Waals surface area (Å²) in [5, 5.41) is 3.57. The highest BCUT2D eigenvalue weighted by atomic mass is 16.7. The monoisotopic (exact) mass is 263 g/mol. The molecule has 1 heterocycles. The highest BCUT2D eigenvalue weighted by Gasteiger charge is 2.31. The van der Waals surface area contributed by atoms with Gasteiger partial charge in [-0.2, -0.15) is 0 Å². The number of benzene rings is 1. The first-order valence-corrected chi connectivity index (χ1v) is 7.12. The summed E-state index contributed by atoms with van der Waals surface area (Å²) in [6.45, 7) is 4.28. The molecule has 2 aliphatic rings. The molecule has 0 amide bonds. The summed E-state index contributed by atoms with van der Waals surface area (Å²) in [6, 6.07) is 6.23. The highest BCUT2D eigenvalue weighted by Crippen LogP contribution is 2.36. The molecule has 4 heteroatoms. The van der Waals surface area contributed by atoms with Crippen molar-refractivity contribution in [1.82, 2.24) is 5.32 Å². The van der Waals surface area contributed by atoms with Crippen LogP contribution in [0.5, 0.6) is 17.2 Å². The lowest BCUT2D eigenvalue weighted by Crippen LogP contribution is -2.37. The first kappa shape index (κ1) is 12.6. The Morgan fingerprint density at radius 1 is 1.32 bits per heavy atom. The molecule has 0 saturated heterocycles. The van der Waals surface area contributed by atoms with Crippen molar-refractivity contribution < 1.29 is 14.2 Å². The van der Waals surface area contributed by atoms with Crippen LogP contribution in [0, 0.1) is 5.92 Å². The maximum Gasteiger partial charge on any atom is 0.231 e. The predicted molar refractivity (Wildman–Crippen MR) is 72.9 cm³/mol. The number of hydrogen-bond donors (Lipinski definition) is 1. The molecule has 1 unspecified atom stereocenters. The van der Waals surface area contributed by atoms with Crippen LogP contribution in [0.4, 0.5) is 0 Å². The minimum Gasteiger partial charge on any atom is -0.492 e. The molecule has 1 fully saturated rings. The van der Waals surface area contributed by atoms with E-state index in [0.29, 0.717) is 12.8 Å². The van der Waals surface area contributed by atoms with Gasteiger partial charge in [0.1, 0.15) is 12.4 Å². The molecule has 1 aliphatic heterocycles. The third kappa shape index (κ3) is 3.13. The van der Waals surface area contributed by atoms with Crippen LogP contribution >= 0.6 is 0 Å². The van der Waals surface area contributed by atoms with E-state index in [9.17, 15) is 0 Å². The maximum absolute atomic E-state index is 5.89. The maximum atomic E-state index is 5.89. The van der Waals surface area contributed by atoms with Crippen LogP contribution < -0.4 is 19.5 Å². The third-order valence-electron chi connectivity index (χ3n) is 3.62. The summed E-state index contributed by atoms with van der Waals surface area (Å²) in [7, 11) is 0. The first-order chi connectivity index (χ1) is 9.36. The smallest absolute Gasteiger partial charge is 0.231 e. The molecule has 3 rings (SSSR count). The van der Waals surface area contributed by atoms with Crippen LogP contribution in [-0.2, 0) is 0 Å². The number of nitrogens with one attached hydrogen (secondary N) is 1. The molecule has 0 aromatic heterocycles. The van der Waals surface area contributed by atoms with Crippen molar-refractivity contribution in [3.63, 3.8) is 0 Å². The van der Waals surface area contributed by atoms with Crippen LogP contribution in [-0.4, -0.2) is 26.0 Å². The van der Waals surface area contributed by atoms with Gasteiger partial charge >= 0.3 is 0 Å². The second kappa shape index (κ2) is 5.70. The SMILES string of the molecule is CCCNC(COc1ccc2c(c1)OCO2)C1CC1. The fraction of sp³-hybridized carbons (Fsp3) is 0.600. The quantitative estimate of drug-likeness (QED) is 0.820. The van der Waals surface area contributed by atoms with Crippen LogP contribution in [0.15, 0.2) is 18.2 Å². The second-order valence-corrected chi connectivity index (χ2v) is 5.22. The Bertz CT molecular complexity index is 431. The molecule has 1 saturated carbocycles. The number of rotatable bonds is 7. The Kier molecular flexibility index (Phi) is 3.78. The standard InChI is InChI=1S/C15H21NO3/c1-2-7-16-13(11-3-4-11)9-17-12-5-6-14-15(8-12)19-10-18-14/h5-6,8,11,13,16H,2-4,7,9-10H2,1H3. The normalized spacial score (nSPS) is 18.4. The van der Waals surface area contributed by atoms with Gasteiger partial charge < -0.3 is 19.5 Å². The molecule has 19 heavy (non-hydrogen) atoms. The van der Waals surface area contributed by atoms with Crippen LogP contribution in [0.3, 0.4) is 0 Å². The minimum absolute atomic E-state index is 0.307. The zero-order valence-electron chi connectivity index (χ0n) is 11.4. The lowest BCUT2D eigenvalue weighted by Gasteiger charge is -2.18. The Labute approximate surface area is 114 Å².